The highest BCUT2D eigenvalue weighted by Crippen LogP contribution is 2.37. The summed E-state index contributed by atoms with van der Waals surface area (Å²) in [6, 6.07) is 3.56. The van der Waals surface area contributed by atoms with Crippen molar-refractivity contribution in [3.8, 4) is 11.5 Å². The average molecular weight is 349 g/mol. The molecule has 2 aromatic rings. The molecular formula is C18H21ClN2O3. The highest BCUT2D eigenvalue weighted by Gasteiger charge is 2.12. The minimum atomic E-state index is -0.122. The highest BCUT2D eigenvalue weighted by molar-refractivity contribution is 6.32. The number of nitrogens with zero attached hydrogens (tertiary/aromatic N) is 2. The quantitative estimate of drug-likeness (QED) is 0.531. The van der Waals surface area contributed by atoms with Gasteiger partial charge in [-0.3, -0.25) is 9.48 Å². The number of ketones is 1. The molecule has 0 aliphatic rings. The molecule has 0 atom stereocenters. The first-order chi connectivity index (χ1) is 11.5. The zero-order valence-corrected chi connectivity index (χ0v) is 14.8. The number of benzene rings is 1. The largest absolute Gasteiger partial charge is 0.490 e. The minimum Gasteiger partial charge on any atom is -0.490 e. The van der Waals surface area contributed by atoms with Crippen LogP contribution in [0.2, 0.25) is 5.02 Å². The Hall–Kier alpha value is -2.27. The van der Waals surface area contributed by atoms with Crippen molar-refractivity contribution in [3.63, 3.8) is 0 Å². The van der Waals surface area contributed by atoms with Gasteiger partial charge in [-0.15, -0.1) is 0 Å². The van der Waals surface area contributed by atoms with E-state index in [0.29, 0.717) is 35.3 Å². The normalized spacial score (nSPS) is 11.0. The predicted octanol–water partition coefficient (Wildman–Crippen LogP) is 4.16. The van der Waals surface area contributed by atoms with Gasteiger partial charge in [-0.05, 0) is 37.1 Å². The molecule has 6 heteroatoms. The molecule has 1 aromatic carbocycles. The van der Waals surface area contributed by atoms with Gasteiger partial charge in [0.15, 0.2) is 17.3 Å². The summed E-state index contributed by atoms with van der Waals surface area (Å²) in [5.74, 6) is 0.992. The third-order valence-corrected chi connectivity index (χ3v) is 3.48. The van der Waals surface area contributed by atoms with Crippen LogP contribution in [0.25, 0.3) is 6.08 Å². The average Bonchev–Trinajstić information content (AvgIpc) is 2.99. The molecule has 1 aromatic heterocycles. The lowest BCUT2D eigenvalue weighted by Gasteiger charge is -2.14. The predicted molar refractivity (Wildman–Crippen MR) is 95.0 cm³/mol. The number of hydrogen-bond acceptors (Lipinski definition) is 4. The fourth-order valence-corrected chi connectivity index (χ4v) is 2.38. The monoisotopic (exact) mass is 348 g/mol. The van der Waals surface area contributed by atoms with E-state index >= 15 is 0 Å². The van der Waals surface area contributed by atoms with Gasteiger partial charge in [0.05, 0.1) is 30.0 Å². The Labute approximate surface area is 146 Å². The van der Waals surface area contributed by atoms with Crippen LogP contribution in [-0.2, 0) is 7.05 Å². The first-order valence-electron chi connectivity index (χ1n) is 7.85. The van der Waals surface area contributed by atoms with Gasteiger partial charge in [0, 0.05) is 13.2 Å². The molecule has 1 heterocycles. The van der Waals surface area contributed by atoms with Crippen molar-refractivity contribution in [1.29, 1.82) is 0 Å². The summed E-state index contributed by atoms with van der Waals surface area (Å²) < 4.78 is 12.9. The van der Waals surface area contributed by atoms with Crippen LogP contribution in [0.1, 0.15) is 36.2 Å². The molecule has 0 fully saturated rings. The number of carbonyl (C=O) groups excluding carboxylic acids is 1. The first kappa shape index (κ1) is 18.1. The molecule has 0 radical (unpaired) electrons. The van der Waals surface area contributed by atoms with Crippen molar-refractivity contribution in [1.82, 2.24) is 9.78 Å². The molecular weight excluding hydrogens is 328 g/mol. The molecule has 0 amide bonds. The summed E-state index contributed by atoms with van der Waals surface area (Å²) in [6.07, 6.45) is 7.28. The van der Waals surface area contributed by atoms with Gasteiger partial charge in [0.25, 0.3) is 0 Å². The summed E-state index contributed by atoms with van der Waals surface area (Å²) in [6.45, 7) is 4.98. The van der Waals surface area contributed by atoms with E-state index in [0.717, 1.165) is 12.0 Å². The maximum Gasteiger partial charge on any atom is 0.189 e. The molecule has 128 valence electrons. The van der Waals surface area contributed by atoms with Crippen LogP contribution in [0.15, 0.2) is 30.6 Å². The number of aromatic nitrogens is 2. The van der Waals surface area contributed by atoms with Gasteiger partial charge in [0.1, 0.15) is 0 Å². The second-order valence-electron chi connectivity index (χ2n) is 5.21. The number of halogens is 1. The molecule has 0 saturated heterocycles. The Balaban J connectivity index is 2.23. The van der Waals surface area contributed by atoms with Gasteiger partial charge in [0.2, 0.25) is 0 Å². The molecule has 2 rings (SSSR count). The molecule has 5 nitrogen and oxygen atoms in total. The topological polar surface area (TPSA) is 53.3 Å². The summed E-state index contributed by atoms with van der Waals surface area (Å²) in [4.78, 5) is 12.1. The maximum absolute atomic E-state index is 12.1. The fourth-order valence-electron chi connectivity index (χ4n) is 2.11. The van der Waals surface area contributed by atoms with Gasteiger partial charge < -0.3 is 9.47 Å². The van der Waals surface area contributed by atoms with Crippen LogP contribution in [0.4, 0.5) is 0 Å². The zero-order valence-electron chi connectivity index (χ0n) is 14.1. The first-order valence-corrected chi connectivity index (χ1v) is 8.23. The third-order valence-electron chi connectivity index (χ3n) is 3.20. The second-order valence-corrected chi connectivity index (χ2v) is 5.62. The van der Waals surface area contributed by atoms with E-state index in [9.17, 15) is 4.79 Å². The van der Waals surface area contributed by atoms with Crippen LogP contribution in [0, 0.1) is 0 Å². The summed E-state index contributed by atoms with van der Waals surface area (Å²) in [5, 5.41) is 4.45. The lowest BCUT2D eigenvalue weighted by molar-refractivity contribution is 0.104. The molecule has 0 aliphatic carbocycles. The van der Waals surface area contributed by atoms with Crippen molar-refractivity contribution in [2.45, 2.75) is 20.3 Å². The third kappa shape index (κ3) is 4.61. The highest BCUT2D eigenvalue weighted by atomic mass is 35.5. The Morgan fingerprint density at radius 1 is 1.33 bits per heavy atom. The standard InChI is InChI=1S/C18H21ClN2O3/c1-4-8-24-18-15(19)9-13(10-17(18)23-5-2)6-7-16(22)14-11-20-21(3)12-14/h6-7,9-12H,4-5,8H2,1-3H3. The van der Waals surface area contributed by atoms with Crippen LogP contribution >= 0.6 is 11.6 Å². The van der Waals surface area contributed by atoms with Gasteiger partial charge in [-0.2, -0.15) is 5.10 Å². The summed E-state index contributed by atoms with van der Waals surface area (Å²) in [7, 11) is 1.77. The van der Waals surface area contributed by atoms with Gasteiger partial charge >= 0.3 is 0 Å². The maximum atomic E-state index is 12.1. The lowest BCUT2D eigenvalue weighted by Crippen LogP contribution is -2.01. The Bertz CT molecular complexity index is 738. The van der Waals surface area contributed by atoms with E-state index in [1.165, 1.54) is 12.3 Å². The van der Waals surface area contributed by atoms with Gasteiger partial charge in [-0.1, -0.05) is 24.6 Å². The Morgan fingerprint density at radius 2 is 2.12 bits per heavy atom. The van der Waals surface area contributed by atoms with Crippen LogP contribution in [-0.4, -0.2) is 28.8 Å². The van der Waals surface area contributed by atoms with Crippen LogP contribution in [0.3, 0.4) is 0 Å². The number of carbonyl (C=O) groups is 1. The van der Waals surface area contributed by atoms with Gasteiger partial charge in [-0.25, -0.2) is 0 Å². The van der Waals surface area contributed by atoms with E-state index in [2.05, 4.69) is 5.10 Å². The van der Waals surface area contributed by atoms with E-state index in [1.54, 1.807) is 30.1 Å². The molecule has 0 saturated carbocycles. The smallest absolute Gasteiger partial charge is 0.189 e. The number of rotatable bonds is 8. The summed E-state index contributed by atoms with van der Waals surface area (Å²) in [5.41, 5.74) is 1.30. The molecule has 0 aliphatic heterocycles. The van der Waals surface area contributed by atoms with Crippen molar-refractivity contribution in [2.75, 3.05) is 13.2 Å². The molecule has 0 N–H and O–H groups in total. The SMILES string of the molecule is CCCOc1c(Cl)cc(C=CC(=O)c2cnn(C)c2)cc1OCC. The number of hydrogen-bond donors (Lipinski definition) is 0. The molecule has 0 bridgehead atoms. The number of allylic oxidation sites excluding steroid dienone is 1. The van der Waals surface area contributed by atoms with E-state index in [4.69, 9.17) is 21.1 Å². The van der Waals surface area contributed by atoms with Crippen molar-refractivity contribution in [3.05, 3.63) is 46.8 Å². The molecule has 0 spiro atoms. The fraction of sp³-hybridized carbons (Fsp3) is 0.333. The number of aryl methyl sites for hydroxylation is 1. The molecule has 24 heavy (non-hydrogen) atoms. The van der Waals surface area contributed by atoms with Crippen LogP contribution < -0.4 is 9.47 Å². The lowest BCUT2D eigenvalue weighted by atomic mass is 10.1. The van der Waals surface area contributed by atoms with E-state index < -0.39 is 0 Å². The van der Waals surface area contributed by atoms with Crippen molar-refractivity contribution >= 4 is 23.5 Å². The Morgan fingerprint density at radius 3 is 2.75 bits per heavy atom. The van der Waals surface area contributed by atoms with Crippen molar-refractivity contribution in [2.24, 2.45) is 7.05 Å². The Kier molecular flexibility index (Phi) is 6.44. The summed E-state index contributed by atoms with van der Waals surface area (Å²) >= 11 is 6.30. The second kappa shape index (κ2) is 8.55. The molecule has 0 unspecified atom stereocenters. The van der Waals surface area contributed by atoms with E-state index in [1.807, 2.05) is 19.9 Å². The zero-order chi connectivity index (χ0) is 17.5. The minimum absolute atomic E-state index is 0.122. The number of ether oxygens (including phenoxy) is 2. The van der Waals surface area contributed by atoms with E-state index in [-0.39, 0.29) is 5.78 Å². The van der Waals surface area contributed by atoms with Crippen LogP contribution in [0.5, 0.6) is 11.5 Å². The van der Waals surface area contributed by atoms with Crippen molar-refractivity contribution < 1.29 is 14.3 Å².